The summed E-state index contributed by atoms with van der Waals surface area (Å²) in [6.45, 7) is 7.93. The quantitative estimate of drug-likeness (QED) is 0.721. The van der Waals surface area contributed by atoms with Gasteiger partial charge in [0.25, 0.3) is 11.8 Å². The van der Waals surface area contributed by atoms with Crippen LogP contribution in [0.25, 0.3) is 0 Å². The van der Waals surface area contributed by atoms with Crippen molar-refractivity contribution >= 4 is 23.2 Å². The summed E-state index contributed by atoms with van der Waals surface area (Å²) in [6.07, 6.45) is 4.67. The Morgan fingerprint density at radius 1 is 1.13 bits per heavy atom. The van der Waals surface area contributed by atoms with Crippen LogP contribution in [0.3, 0.4) is 0 Å². The SMILES string of the molecule is CC(C)(C)C1CCc2sc(C(=O)NC3CCN(C(=O)c4ccccc4F)CC3)cc2C1. The number of piperidine rings is 1. The highest BCUT2D eigenvalue weighted by Crippen LogP contribution is 2.40. The number of benzene rings is 1. The Bertz CT molecular complexity index is 970. The Kier molecular flexibility index (Phi) is 6.20. The topological polar surface area (TPSA) is 49.4 Å². The molecule has 2 aliphatic rings. The van der Waals surface area contributed by atoms with Crippen LogP contribution in [0.5, 0.6) is 0 Å². The van der Waals surface area contributed by atoms with E-state index in [1.54, 1.807) is 28.4 Å². The van der Waals surface area contributed by atoms with Crippen molar-refractivity contribution in [2.75, 3.05) is 13.1 Å². The van der Waals surface area contributed by atoms with E-state index in [9.17, 15) is 14.0 Å². The van der Waals surface area contributed by atoms with Gasteiger partial charge in [-0.3, -0.25) is 9.59 Å². The highest BCUT2D eigenvalue weighted by atomic mass is 32.1. The Labute approximate surface area is 187 Å². The second-order valence-electron chi connectivity index (χ2n) is 9.88. The number of halogens is 1. The maximum Gasteiger partial charge on any atom is 0.261 e. The number of amides is 2. The molecule has 2 heterocycles. The fourth-order valence-electron chi connectivity index (χ4n) is 4.66. The molecule has 0 radical (unpaired) electrons. The minimum absolute atomic E-state index is 0.00871. The Morgan fingerprint density at radius 2 is 1.84 bits per heavy atom. The molecule has 1 unspecified atom stereocenters. The summed E-state index contributed by atoms with van der Waals surface area (Å²) in [6, 6.07) is 8.22. The van der Waals surface area contributed by atoms with Gasteiger partial charge < -0.3 is 10.2 Å². The summed E-state index contributed by atoms with van der Waals surface area (Å²) in [5.41, 5.74) is 1.74. The van der Waals surface area contributed by atoms with Crippen LogP contribution in [-0.2, 0) is 12.8 Å². The van der Waals surface area contributed by atoms with Gasteiger partial charge in [0.1, 0.15) is 5.82 Å². The summed E-state index contributed by atoms with van der Waals surface area (Å²) < 4.78 is 13.9. The van der Waals surface area contributed by atoms with Crippen molar-refractivity contribution in [3.8, 4) is 0 Å². The lowest BCUT2D eigenvalue weighted by Crippen LogP contribution is -2.46. The van der Waals surface area contributed by atoms with E-state index in [2.05, 4.69) is 32.2 Å². The van der Waals surface area contributed by atoms with Gasteiger partial charge in [-0.2, -0.15) is 0 Å². The van der Waals surface area contributed by atoms with Crippen molar-refractivity contribution in [3.05, 3.63) is 57.0 Å². The number of hydrogen-bond acceptors (Lipinski definition) is 3. The second-order valence-corrected chi connectivity index (χ2v) is 11.0. The molecule has 1 aliphatic carbocycles. The van der Waals surface area contributed by atoms with Gasteiger partial charge in [0.2, 0.25) is 0 Å². The van der Waals surface area contributed by atoms with Gasteiger partial charge in [0, 0.05) is 24.0 Å². The molecule has 1 fully saturated rings. The van der Waals surface area contributed by atoms with Crippen LogP contribution in [0.4, 0.5) is 4.39 Å². The first-order valence-electron chi connectivity index (χ1n) is 11.2. The zero-order chi connectivity index (χ0) is 22.2. The predicted octanol–water partition coefficient (Wildman–Crippen LogP) is 5.07. The number of likely N-dealkylation sites (tertiary alicyclic amines) is 1. The molecule has 4 rings (SSSR count). The lowest BCUT2D eigenvalue weighted by Gasteiger charge is -2.33. The van der Waals surface area contributed by atoms with E-state index in [1.807, 2.05) is 0 Å². The molecular formula is C25H31FN2O2S. The van der Waals surface area contributed by atoms with Gasteiger partial charge in [-0.1, -0.05) is 32.9 Å². The predicted molar refractivity (Wildman–Crippen MR) is 122 cm³/mol. The number of carbonyl (C=O) groups excluding carboxylic acids is 2. The summed E-state index contributed by atoms with van der Waals surface area (Å²) >= 11 is 1.63. The highest BCUT2D eigenvalue weighted by Gasteiger charge is 2.31. The number of carbonyl (C=O) groups is 2. The Morgan fingerprint density at radius 3 is 2.52 bits per heavy atom. The molecule has 1 aromatic carbocycles. The van der Waals surface area contributed by atoms with Crippen LogP contribution in [0.15, 0.2) is 30.3 Å². The molecule has 31 heavy (non-hydrogen) atoms. The van der Waals surface area contributed by atoms with Crippen LogP contribution < -0.4 is 5.32 Å². The highest BCUT2D eigenvalue weighted by molar-refractivity contribution is 7.14. The normalized spacial score (nSPS) is 19.7. The third-order valence-electron chi connectivity index (χ3n) is 6.75. The van der Waals surface area contributed by atoms with Crippen LogP contribution in [0, 0.1) is 17.2 Å². The lowest BCUT2D eigenvalue weighted by molar-refractivity contribution is 0.0694. The minimum atomic E-state index is -0.488. The maximum absolute atomic E-state index is 13.9. The van der Waals surface area contributed by atoms with E-state index < -0.39 is 5.82 Å². The number of nitrogens with zero attached hydrogens (tertiary/aromatic N) is 1. The average Bonchev–Trinajstić information content (AvgIpc) is 3.17. The molecule has 1 saturated heterocycles. The standard InChI is InChI=1S/C25H31FN2O2S/c1-25(2,3)17-8-9-21-16(14-17)15-22(31-21)23(29)27-18-10-12-28(13-11-18)24(30)19-6-4-5-7-20(19)26/h4-7,15,17-18H,8-14H2,1-3H3,(H,27,29). The zero-order valence-corrected chi connectivity index (χ0v) is 19.4. The lowest BCUT2D eigenvalue weighted by atomic mass is 9.72. The van der Waals surface area contributed by atoms with Crippen LogP contribution in [0.2, 0.25) is 0 Å². The first kappa shape index (κ1) is 22.0. The smallest absolute Gasteiger partial charge is 0.261 e. The molecule has 4 nitrogen and oxygen atoms in total. The van der Waals surface area contributed by atoms with E-state index in [4.69, 9.17) is 0 Å². The molecule has 0 saturated carbocycles. The summed E-state index contributed by atoms with van der Waals surface area (Å²) in [7, 11) is 0. The van der Waals surface area contributed by atoms with Crippen LogP contribution in [0.1, 0.15) is 70.5 Å². The van der Waals surface area contributed by atoms with Gasteiger partial charge in [-0.25, -0.2) is 4.39 Å². The van der Waals surface area contributed by atoms with E-state index in [0.29, 0.717) is 31.8 Å². The first-order chi connectivity index (χ1) is 14.7. The second kappa shape index (κ2) is 8.73. The monoisotopic (exact) mass is 442 g/mol. The molecule has 2 aromatic rings. The van der Waals surface area contributed by atoms with E-state index in [-0.39, 0.29) is 28.8 Å². The fraction of sp³-hybridized carbons (Fsp3) is 0.520. The number of nitrogens with one attached hydrogen (secondary N) is 1. The Balaban J connectivity index is 1.33. The number of fused-ring (bicyclic) bond motifs is 1. The largest absolute Gasteiger partial charge is 0.348 e. The summed E-state index contributed by atoms with van der Waals surface area (Å²) in [5, 5.41) is 3.16. The van der Waals surface area contributed by atoms with E-state index in [0.717, 1.165) is 17.7 Å². The average molecular weight is 443 g/mol. The van der Waals surface area contributed by atoms with Crippen molar-refractivity contribution in [2.45, 2.75) is 58.9 Å². The molecule has 166 valence electrons. The van der Waals surface area contributed by atoms with Crippen molar-refractivity contribution in [1.29, 1.82) is 0 Å². The van der Waals surface area contributed by atoms with E-state index >= 15 is 0 Å². The fourth-order valence-corrected chi connectivity index (χ4v) is 5.77. The van der Waals surface area contributed by atoms with Crippen LogP contribution >= 0.6 is 11.3 Å². The van der Waals surface area contributed by atoms with Crippen molar-refractivity contribution in [2.24, 2.45) is 11.3 Å². The molecule has 0 spiro atoms. The van der Waals surface area contributed by atoms with Crippen molar-refractivity contribution in [3.63, 3.8) is 0 Å². The molecule has 1 N–H and O–H groups in total. The molecule has 1 aromatic heterocycles. The number of thiophene rings is 1. The van der Waals surface area contributed by atoms with E-state index in [1.165, 1.54) is 29.0 Å². The number of hydrogen-bond donors (Lipinski definition) is 1. The first-order valence-corrected chi connectivity index (χ1v) is 12.0. The molecule has 6 heteroatoms. The van der Waals surface area contributed by atoms with Gasteiger partial charge in [-0.05, 0) is 67.2 Å². The number of aryl methyl sites for hydroxylation is 1. The van der Waals surface area contributed by atoms with Gasteiger partial charge >= 0.3 is 0 Å². The van der Waals surface area contributed by atoms with Crippen LogP contribution in [-0.4, -0.2) is 35.8 Å². The number of rotatable bonds is 3. The van der Waals surface area contributed by atoms with Crippen molar-refractivity contribution in [1.82, 2.24) is 10.2 Å². The minimum Gasteiger partial charge on any atom is -0.348 e. The third kappa shape index (κ3) is 4.84. The maximum atomic E-state index is 13.9. The molecule has 0 bridgehead atoms. The summed E-state index contributed by atoms with van der Waals surface area (Å²) in [5.74, 6) is -0.118. The van der Waals surface area contributed by atoms with Gasteiger partial charge in [0.05, 0.1) is 10.4 Å². The van der Waals surface area contributed by atoms with Gasteiger partial charge in [0.15, 0.2) is 0 Å². The molecular weight excluding hydrogens is 411 g/mol. The Hall–Kier alpha value is -2.21. The summed E-state index contributed by atoms with van der Waals surface area (Å²) in [4.78, 5) is 29.3. The molecule has 1 aliphatic heterocycles. The molecule has 2 amide bonds. The van der Waals surface area contributed by atoms with Crippen molar-refractivity contribution < 1.29 is 14.0 Å². The van der Waals surface area contributed by atoms with Gasteiger partial charge in [-0.15, -0.1) is 11.3 Å². The molecule has 1 atom stereocenters. The third-order valence-corrected chi connectivity index (χ3v) is 7.99. The zero-order valence-electron chi connectivity index (χ0n) is 18.5.